The third kappa shape index (κ3) is 3.20. The summed E-state index contributed by atoms with van der Waals surface area (Å²) in [4.78, 5) is 11.2. The molecule has 0 bridgehead atoms. The van der Waals surface area contributed by atoms with E-state index in [0.29, 0.717) is 0 Å². The molecule has 0 heterocycles. The van der Waals surface area contributed by atoms with E-state index in [2.05, 4.69) is 4.74 Å². The number of carbonyl (C=O) groups is 1. The van der Waals surface area contributed by atoms with Gasteiger partial charge in [0, 0.05) is 0 Å². The quantitative estimate of drug-likeness (QED) is 0.832. The van der Waals surface area contributed by atoms with Crippen LogP contribution in [0, 0.1) is 0 Å². The fraction of sp³-hybridized carbons (Fsp3) is 0.364. The molecule has 1 N–H and O–H groups in total. The molecule has 0 aliphatic carbocycles. The lowest BCUT2D eigenvalue weighted by Crippen LogP contribution is -2.18. The number of methoxy groups -OCH3 is 1. The number of aliphatic hydroxyl groups is 1. The van der Waals surface area contributed by atoms with Crippen LogP contribution >= 0.6 is 0 Å². The first-order chi connectivity index (χ1) is 7.90. The molecule has 0 spiro atoms. The lowest BCUT2D eigenvalue weighted by atomic mass is 9.98. The molecule has 1 unspecified atom stereocenters. The number of rotatable bonds is 3. The minimum Gasteiger partial charge on any atom is -0.468 e. The number of ether oxygens (including phenoxy) is 1. The minimum atomic E-state index is -4.48. The number of esters is 1. The summed E-state index contributed by atoms with van der Waals surface area (Å²) in [6.07, 6.45) is -4.48. The number of alkyl halides is 3. The van der Waals surface area contributed by atoms with Crippen LogP contribution in [-0.2, 0) is 15.7 Å². The van der Waals surface area contributed by atoms with Crippen LogP contribution in [0.3, 0.4) is 0 Å². The van der Waals surface area contributed by atoms with Crippen LogP contribution in [-0.4, -0.2) is 24.8 Å². The standard InChI is InChI=1S/C11H11F3O3/c1-17-10(16)9(6-15)7-3-2-4-8(5-7)11(12,13)14/h2-5,9,15H,6H2,1H3. The highest BCUT2D eigenvalue weighted by molar-refractivity contribution is 5.78. The summed E-state index contributed by atoms with van der Waals surface area (Å²) in [7, 11) is 1.11. The summed E-state index contributed by atoms with van der Waals surface area (Å²) < 4.78 is 41.7. The average Bonchev–Trinajstić information content (AvgIpc) is 2.29. The van der Waals surface area contributed by atoms with Crippen molar-refractivity contribution in [1.82, 2.24) is 0 Å². The van der Waals surface area contributed by atoms with Crippen molar-refractivity contribution in [2.24, 2.45) is 0 Å². The molecule has 0 saturated carbocycles. The molecule has 0 amide bonds. The topological polar surface area (TPSA) is 46.5 Å². The maximum Gasteiger partial charge on any atom is 0.416 e. The Kier molecular flexibility index (Phi) is 4.11. The molecular weight excluding hydrogens is 237 g/mol. The van der Waals surface area contributed by atoms with Crippen molar-refractivity contribution in [3.05, 3.63) is 35.4 Å². The fourth-order valence-electron chi connectivity index (χ4n) is 1.39. The predicted octanol–water partition coefficient (Wildman–Crippen LogP) is 1.95. The van der Waals surface area contributed by atoms with Crippen LogP contribution in [0.5, 0.6) is 0 Å². The SMILES string of the molecule is COC(=O)C(CO)c1cccc(C(F)(F)F)c1. The Labute approximate surface area is 95.8 Å². The molecule has 1 rings (SSSR count). The summed E-state index contributed by atoms with van der Waals surface area (Å²) >= 11 is 0. The van der Waals surface area contributed by atoms with Gasteiger partial charge in [0.05, 0.1) is 19.3 Å². The molecule has 0 radical (unpaired) electrons. The molecule has 17 heavy (non-hydrogen) atoms. The Balaban J connectivity index is 3.10. The zero-order chi connectivity index (χ0) is 13.1. The average molecular weight is 248 g/mol. The number of aliphatic hydroxyl groups excluding tert-OH is 1. The van der Waals surface area contributed by atoms with Gasteiger partial charge in [-0.05, 0) is 11.6 Å². The molecule has 1 atom stereocenters. The highest BCUT2D eigenvalue weighted by Gasteiger charge is 2.31. The zero-order valence-corrected chi connectivity index (χ0v) is 8.99. The maximum atomic E-state index is 12.4. The van der Waals surface area contributed by atoms with Gasteiger partial charge < -0.3 is 9.84 Å². The minimum absolute atomic E-state index is 0.0779. The largest absolute Gasteiger partial charge is 0.468 e. The normalized spacial score (nSPS) is 13.2. The molecule has 94 valence electrons. The van der Waals surface area contributed by atoms with Gasteiger partial charge >= 0.3 is 12.1 Å². The molecule has 0 saturated heterocycles. The van der Waals surface area contributed by atoms with Gasteiger partial charge in [0.15, 0.2) is 0 Å². The first-order valence-corrected chi connectivity index (χ1v) is 4.76. The molecule has 0 aromatic heterocycles. The second kappa shape index (κ2) is 5.18. The Hall–Kier alpha value is -1.56. The van der Waals surface area contributed by atoms with Crippen molar-refractivity contribution in [3.63, 3.8) is 0 Å². The number of benzene rings is 1. The van der Waals surface area contributed by atoms with Crippen LogP contribution < -0.4 is 0 Å². The van der Waals surface area contributed by atoms with Crippen molar-refractivity contribution in [2.45, 2.75) is 12.1 Å². The Morgan fingerprint density at radius 3 is 2.59 bits per heavy atom. The van der Waals surface area contributed by atoms with E-state index < -0.39 is 30.2 Å². The predicted molar refractivity (Wildman–Crippen MR) is 53.3 cm³/mol. The van der Waals surface area contributed by atoms with Crippen LogP contribution in [0.2, 0.25) is 0 Å². The summed E-state index contributed by atoms with van der Waals surface area (Å²) in [5, 5.41) is 8.99. The van der Waals surface area contributed by atoms with E-state index in [0.717, 1.165) is 19.2 Å². The molecular formula is C11H11F3O3. The van der Waals surface area contributed by atoms with Crippen LogP contribution in [0.1, 0.15) is 17.0 Å². The molecule has 0 fully saturated rings. The van der Waals surface area contributed by atoms with E-state index >= 15 is 0 Å². The van der Waals surface area contributed by atoms with Crippen molar-refractivity contribution in [2.75, 3.05) is 13.7 Å². The lowest BCUT2D eigenvalue weighted by molar-refractivity contribution is -0.144. The van der Waals surface area contributed by atoms with E-state index in [1.54, 1.807) is 0 Å². The van der Waals surface area contributed by atoms with Crippen molar-refractivity contribution in [3.8, 4) is 0 Å². The van der Waals surface area contributed by atoms with Gasteiger partial charge in [-0.15, -0.1) is 0 Å². The summed E-state index contributed by atoms with van der Waals surface area (Å²) in [6.45, 7) is -0.603. The maximum absolute atomic E-state index is 12.4. The summed E-state index contributed by atoms with van der Waals surface area (Å²) in [5.41, 5.74) is -0.786. The van der Waals surface area contributed by atoms with Crippen LogP contribution in [0.15, 0.2) is 24.3 Å². The van der Waals surface area contributed by atoms with E-state index in [9.17, 15) is 18.0 Å². The summed E-state index contributed by atoms with van der Waals surface area (Å²) in [6, 6.07) is 4.25. The second-order valence-electron chi connectivity index (χ2n) is 3.38. The van der Waals surface area contributed by atoms with E-state index in [1.165, 1.54) is 12.1 Å². The third-order valence-corrected chi connectivity index (χ3v) is 2.28. The smallest absolute Gasteiger partial charge is 0.416 e. The highest BCUT2D eigenvalue weighted by atomic mass is 19.4. The van der Waals surface area contributed by atoms with Gasteiger partial charge in [0.25, 0.3) is 0 Å². The molecule has 1 aromatic rings. The number of hydrogen-bond donors (Lipinski definition) is 1. The van der Waals surface area contributed by atoms with Gasteiger partial charge in [-0.1, -0.05) is 18.2 Å². The molecule has 3 nitrogen and oxygen atoms in total. The van der Waals surface area contributed by atoms with Gasteiger partial charge in [0.1, 0.15) is 5.92 Å². The van der Waals surface area contributed by atoms with Gasteiger partial charge in [0.2, 0.25) is 0 Å². The van der Waals surface area contributed by atoms with Gasteiger partial charge in [-0.2, -0.15) is 13.2 Å². The molecule has 1 aromatic carbocycles. The molecule has 6 heteroatoms. The fourth-order valence-corrected chi connectivity index (χ4v) is 1.39. The van der Waals surface area contributed by atoms with Crippen LogP contribution in [0.25, 0.3) is 0 Å². The van der Waals surface area contributed by atoms with Crippen molar-refractivity contribution >= 4 is 5.97 Å². The van der Waals surface area contributed by atoms with Gasteiger partial charge in [-0.3, -0.25) is 4.79 Å². The second-order valence-corrected chi connectivity index (χ2v) is 3.38. The molecule has 0 aliphatic heterocycles. The molecule has 0 aliphatic rings. The van der Waals surface area contributed by atoms with Crippen LogP contribution in [0.4, 0.5) is 13.2 Å². The Bertz CT molecular complexity index is 401. The van der Waals surface area contributed by atoms with E-state index in [-0.39, 0.29) is 5.56 Å². The third-order valence-electron chi connectivity index (χ3n) is 2.28. The summed E-state index contributed by atoms with van der Waals surface area (Å²) in [5.74, 6) is -1.87. The van der Waals surface area contributed by atoms with E-state index in [4.69, 9.17) is 5.11 Å². The first kappa shape index (κ1) is 13.5. The Morgan fingerprint density at radius 1 is 1.47 bits per heavy atom. The first-order valence-electron chi connectivity index (χ1n) is 4.76. The van der Waals surface area contributed by atoms with Gasteiger partial charge in [-0.25, -0.2) is 0 Å². The van der Waals surface area contributed by atoms with Crippen molar-refractivity contribution in [1.29, 1.82) is 0 Å². The number of hydrogen-bond acceptors (Lipinski definition) is 3. The Morgan fingerprint density at radius 2 is 2.12 bits per heavy atom. The monoisotopic (exact) mass is 248 g/mol. The number of carbonyl (C=O) groups excluding carboxylic acids is 1. The lowest BCUT2D eigenvalue weighted by Gasteiger charge is -2.14. The van der Waals surface area contributed by atoms with E-state index in [1.807, 2.05) is 0 Å². The highest BCUT2D eigenvalue weighted by Crippen LogP contribution is 2.31. The van der Waals surface area contributed by atoms with Crippen molar-refractivity contribution < 1.29 is 27.8 Å². The number of halogens is 3. The zero-order valence-electron chi connectivity index (χ0n) is 8.99.